The van der Waals surface area contributed by atoms with Gasteiger partial charge in [0.25, 0.3) is 5.91 Å². The van der Waals surface area contributed by atoms with Gasteiger partial charge in [-0.2, -0.15) is 0 Å². The quantitative estimate of drug-likeness (QED) is 0.117. The number of hydrogen-bond donors (Lipinski definition) is 4. The van der Waals surface area contributed by atoms with Crippen LogP contribution in [-0.2, 0) is 27.5 Å². The second-order valence-electron chi connectivity index (χ2n) is 10.5. The number of halogens is 2. The molecule has 0 radical (unpaired) electrons. The van der Waals surface area contributed by atoms with Crippen LogP contribution in [-0.4, -0.2) is 66.7 Å². The maximum absolute atomic E-state index is 13.0. The number of aryl methyl sites for hydroxylation is 1. The van der Waals surface area contributed by atoms with Crippen molar-refractivity contribution in [3.8, 4) is 5.75 Å². The highest BCUT2D eigenvalue weighted by atomic mass is 35.5. The van der Waals surface area contributed by atoms with E-state index in [0.29, 0.717) is 49.7 Å². The second-order valence-corrected chi connectivity index (χ2v) is 14.5. The molecule has 14 heteroatoms. The van der Waals surface area contributed by atoms with Crippen LogP contribution in [0.5, 0.6) is 5.75 Å². The third-order valence-electron chi connectivity index (χ3n) is 7.61. The number of nitrogens with one attached hydrogen (secondary N) is 1. The first kappa shape index (κ1) is 36.0. The van der Waals surface area contributed by atoms with Crippen molar-refractivity contribution in [1.29, 1.82) is 0 Å². The summed E-state index contributed by atoms with van der Waals surface area (Å²) >= 11 is 16.3. The molecule has 0 saturated carbocycles. The van der Waals surface area contributed by atoms with Crippen molar-refractivity contribution in [2.24, 2.45) is 0 Å². The van der Waals surface area contributed by atoms with E-state index in [1.54, 1.807) is 18.2 Å². The van der Waals surface area contributed by atoms with Gasteiger partial charge in [0.05, 0.1) is 22.9 Å². The number of aliphatic carboxylic acids is 1. The largest absolute Gasteiger partial charge is 0.507 e. The first-order chi connectivity index (χ1) is 21.5. The summed E-state index contributed by atoms with van der Waals surface area (Å²) in [6.45, 7) is 3.93. The summed E-state index contributed by atoms with van der Waals surface area (Å²) in [5.74, 6) is -1.02. The molecule has 2 aliphatic rings. The number of aliphatic hydroxyl groups is 1. The molecule has 0 bridgehead atoms. The smallest absolute Gasteiger partial charge is 0.352 e. The number of aromatic nitrogens is 1. The molecule has 9 nitrogen and oxygen atoms in total. The van der Waals surface area contributed by atoms with Crippen LogP contribution < -0.4 is 9.88 Å². The maximum Gasteiger partial charge on any atom is 0.352 e. The van der Waals surface area contributed by atoms with Crippen LogP contribution in [0.2, 0.25) is 10.0 Å². The molecule has 4 N–H and O–H groups in total. The summed E-state index contributed by atoms with van der Waals surface area (Å²) in [7, 11) is 0. The van der Waals surface area contributed by atoms with Crippen molar-refractivity contribution in [2.45, 2.75) is 55.6 Å². The highest BCUT2D eigenvalue weighted by molar-refractivity contribution is 8.01. The topological polar surface area (TPSA) is 131 Å². The molecule has 2 aromatic carbocycles. The lowest BCUT2D eigenvalue weighted by Gasteiger charge is -2.49. The number of benzene rings is 2. The van der Waals surface area contributed by atoms with E-state index >= 15 is 0 Å². The Morgan fingerprint density at radius 3 is 2.52 bits per heavy atom. The van der Waals surface area contributed by atoms with Gasteiger partial charge >= 0.3 is 5.97 Å². The Kier molecular flexibility index (Phi) is 12.0. The number of aliphatic hydroxyl groups excluding tert-OH is 1. The number of amides is 2. The molecule has 2 atom stereocenters. The number of hydrogen-bond acceptors (Lipinski definition) is 8. The van der Waals surface area contributed by atoms with Crippen LogP contribution >= 0.6 is 58.5 Å². The summed E-state index contributed by atoms with van der Waals surface area (Å²) in [6.07, 6.45) is 3.72. The van der Waals surface area contributed by atoms with Crippen LogP contribution in [0.4, 0.5) is 0 Å². The molecule has 1 fully saturated rings. The van der Waals surface area contributed by atoms with Gasteiger partial charge in [0, 0.05) is 38.5 Å². The molecule has 2 aliphatic heterocycles. The van der Waals surface area contributed by atoms with E-state index in [-0.39, 0.29) is 37.1 Å². The minimum atomic E-state index is -1.18. The number of fused-ring (bicyclic) bond motifs is 1. The summed E-state index contributed by atoms with van der Waals surface area (Å²) in [6, 6.07) is 9.83. The minimum absolute atomic E-state index is 0. The molecule has 3 heterocycles. The number of nitrogens with zero attached hydrogens (tertiary/aromatic N) is 2. The number of carboxylic acids is 1. The molecule has 2 amide bonds. The van der Waals surface area contributed by atoms with E-state index in [4.69, 9.17) is 23.2 Å². The number of pyridine rings is 1. The fraction of sp³-hybridized carbons (Fsp3) is 0.312. The summed E-state index contributed by atoms with van der Waals surface area (Å²) < 4.78 is 1.89. The summed E-state index contributed by atoms with van der Waals surface area (Å²) in [4.78, 5) is 40.8. The Labute approximate surface area is 290 Å². The Bertz CT molecular complexity index is 1700. The molecular weight excluding hydrogens is 689 g/mol. The molecule has 46 heavy (non-hydrogen) atoms. The normalized spacial score (nSPS) is 17.2. The number of rotatable bonds is 11. The molecule has 1 aromatic heterocycles. The number of β-lactam (4-membered cyclic amide) rings is 1. The van der Waals surface area contributed by atoms with Crippen LogP contribution in [0.25, 0.3) is 0 Å². The maximum atomic E-state index is 13.0. The summed E-state index contributed by atoms with van der Waals surface area (Å²) in [5.41, 5.74) is 3.62. The van der Waals surface area contributed by atoms with E-state index in [2.05, 4.69) is 5.32 Å². The van der Waals surface area contributed by atoms with Gasteiger partial charge in [-0.3, -0.25) is 14.5 Å². The fourth-order valence-electron chi connectivity index (χ4n) is 5.08. The lowest BCUT2D eigenvalue weighted by molar-refractivity contribution is -0.688. The Morgan fingerprint density at radius 1 is 1.13 bits per heavy atom. The van der Waals surface area contributed by atoms with Crippen molar-refractivity contribution in [3.63, 3.8) is 0 Å². The van der Waals surface area contributed by atoms with Gasteiger partial charge in [-0.25, -0.2) is 9.36 Å². The van der Waals surface area contributed by atoms with Crippen LogP contribution in [0.3, 0.4) is 0 Å². The third-order valence-corrected chi connectivity index (χ3v) is 11.8. The van der Waals surface area contributed by atoms with E-state index in [0.717, 1.165) is 16.0 Å². The van der Waals surface area contributed by atoms with E-state index in [9.17, 15) is 29.7 Å². The lowest BCUT2D eigenvalue weighted by Crippen LogP contribution is -2.70. The van der Waals surface area contributed by atoms with Crippen molar-refractivity contribution in [2.75, 3.05) is 17.3 Å². The van der Waals surface area contributed by atoms with Crippen molar-refractivity contribution in [3.05, 3.63) is 92.4 Å². The average Bonchev–Trinajstić information content (AvgIpc) is 3.03. The molecule has 0 spiro atoms. The zero-order valence-electron chi connectivity index (χ0n) is 24.3. The molecule has 1 saturated heterocycles. The van der Waals surface area contributed by atoms with Crippen molar-refractivity contribution < 1.29 is 34.3 Å². The minimum Gasteiger partial charge on any atom is -0.507 e. The lowest BCUT2D eigenvalue weighted by atomic mass is 9.98. The van der Waals surface area contributed by atoms with Crippen molar-refractivity contribution >= 4 is 76.3 Å². The van der Waals surface area contributed by atoms with Gasteiger partial charge in [-0.05, 0) is 54.3 Å². The van der Waals surface area contributed by atoms with Gasteiger partial charge in [0.15, 0.2) is 18.9 Å². The van der Waals surface area contributed by atoms with E-state index in [1.807, 2.05) is 49.0 Å². The SMILES string of the molecule is C.Cc1cc(CO)c(C[n+]2ccc(SCC3=C(C(=O)O)N4C(=O)C(NC(=O)CSc5cc(Cl)ccc5Cl)C4SC3)cc2)c(O)c1C. The fourth-order valence-corrected chi connectivity index (χ4v) is 8.75. The molecular formula is C32H34Cl2N3O6S3+. The second kappa shape index (κ2) is 15.4. The standard InChI is InChI=1S/C31H29Cl2N3O6S3.CH4/c1-16-9-18(12-37)22(28(39)17(16)2)11-35-7-5-21(6-8-35)43-13-19-14-45-30-26(29(40)36(30)27(19)31(41)42)34-25(38)15-44-24-10-20(32)3-4-23(24)33;/h3-10,26,30,37H,11-15H2,1-2H3,(H2-,34,38,39,41,42);1H4/p+1. The number of carbonyl (C=O) groups is 3. The average molecular weight is 724 g/mol. The highest BCUT2D eigenvalue weighted by Gasteiger charge is 2.54. The summed E-state index contributed by atoms with van der Waals surface area (Å²) in [5, 5.41) is 33.7. The zero-order chi connectivity index (χ0) is 32.4. The predicted molar refractivity (Wildman–Crippen MR) is 184 cm³/mol. The first-order valence-corrected chi connectivity index (χ1v) is 17.6. The zero-order valence-corrected chi connectivity index (χ0v) is 28.2. The molecule has 3 aromatic rings. The number of thioether (sulfide) groups is 3. The number of aromatic hydroxyl groups is 1. The number of carboxylic acid groups (broad SMARTS) is 1. The van der Waals surface area contributed by atoms with Crippen LogP contribution in [0, 0.1) is 13.8 Å². The monoisotopic (exact) mass is 722 g/mol. The van der Waals surface area contributed by atoms with Crippen LogP contribution in [0.15, 0.2) is 69.9 Å². The van der Waals surface area contributed by atoms with Gasteiger partial charge in [-0.1, -0.05) is 36.7 Å². The molecule has 5 rings (SSSR count). The molecule has 2 unspecified atom stereocenters. The van der Waals surface area contributed by atoms with Gasteiger partial charge in [-0.15, -0.1) is 35.3 Å². The molecule has 0 aliphatic carbocycles. The number of phenolic OH excluding ortho intramolecular Hbond substituents is 1. The number of carbonyl (C=O) groups excluding carboxylic acids is 2. The molecule has 244 valence electrons. The Hall–Kier alpha value is -2.87. The highest BCUT2D eigenvalue weighted by Crippen LogP contribution is 2.42. The van der Waals surface area contributed by atoms with Crippen LogP contribution in [0.1, 0.15) is 29.7 Å². The van der Waals surface area contributed by atoms with Crippen molar-refractivity contribution in [1.82, 2.24) is 10.2 Å². The van der Waals surface area contributed by atoms with E-state index < -0.39 is 23.3 Å². The van der Waals surface area contributed by atoms with E-state index in [1.165, 1.54) is 40.2 Å². The Morgan fingerprint density at radius 2 is 1.85 bits per heavy atom. The predicted octanol–water partition coefficient (Wildman–Crippen LogP) is 5.40. The van der Waals surface area contributed by atoms with Gasteiger partial charge < -0.3 is 20.6 Å². The number of phenols is 1. The first-order valence-electron chi connectivity index (χ1n) is 13.8. The van der Waals surface area contributed by atoms with Gasteiger partial charge in [0.1, 0.15) is 22.9 Å². The Balaban J connectivity index is 0.00000480. The third kappa shape index (κ3) is 7.64. The van der Waals surface area contributed by atoms with Gasteiger partial charge in [0.2, 0.25) is 5.91 Å².